The highest BCUT2D eigenvalue weighted by molar-refractivity contribution is 7.99. The van der Waals surface area contributed by atoms with Gasteiger partial charge in [-0.3, -0.25) is 0 Å². The van der Waals surface area contributed by atoms with Crippen LogP contribution < -0.4 is 10.5 Å². The molecule has 3 heteroatoms. The Kier molecular flexibility index (Phi) is 4.75. The van der Waals surface area contributed by atoms with E-state index in [1.54, 1.807) is 0 Å². The summed E-state index contributed by atoms with van der Waals surface area (Å²) in [5.74, 6) is 4.07. The zero-order valence-electron chi connectivity index (χ0n) is 10.4. The lowest BCUT2D eigenvalue weighted by molar-refractivity contribution is 0.357. The highest BCUT2D eigenvalue weighted by Crippen LogP contribution is 2.26. The number of aryl methyl sites for hydroxylation is 1. The van der Waals surface area contributed by atoms with Crippen molar-refractivity contribution in [1.29, 1.82) is 0 Å². The van der Waals surface area contributed by atoms with Gasteiger partial charge in [0.05, 0.1) is 6.61 Å². The minimum absolute atomic E-state index is 0.633. The lowest BCUT2D eigenvalue weighted by Gasteiger charge is -2.08. The van der Waals surface area contributed by atoms with Crippen molar-refractivity contribution >= 4 is 11.8 Å². The molecule has 1 unspecified atom stereocenters. The van der Waals surface area contributed by atoms with E-state index in [1.807, 2.05) is 11.8 Å². The number of rotatable bonds is 6. The molecule has 0 fully saturated rings. The first-order chi connectivity index (χ1) is 8.29. The first-order valence-electron chi connectivity index (χ1n) is 6.32. The fourth-order valence-corrected chi connectivity index (χ4v) is 3.02. The van der Waals surface area contributed by atoms with Crippen LogP contribution in [-0.4, -0.2) is 24.7 Å². The van der Waals surface area contributed by atoms with Crippen LogP contribution in [0.2, 0.25) is 0 Å². The van der Waals surface area contributed by atoms with Gasteiger partial charge in [0, 0.05) is 6.42 Å². The van der Waals surface area contributed by atoms with E-state index >= 15 is 0 Å². The van der Waals surface area contributed by atoms with Crippen molar-refractivity contribution in [2.45, 2.75) is 19.8 Å². The zero-order valence-corrected chi connectivity index (χ0v) is 11.3. The van der Waals surface area contributed by atoms with Crippen LogP contribution in [0.25, 0.3) is 0 Å². The molecule has 0 saturated heterocycles. The Morgan fingerprint density at radius 1 is 1.47 bits per heavy atom. The van der Waals surface area contributed by atoms with E-state index in [1.165, 1.54) is 22.6 Å². The van der Waals surface area contributed by atoms with Crippen LogP contribution in [0.15, 0.2) is 18.2 Å². The second-order valence-corrected chi connectivity index (χ2v) is 5.86. The van der Waals surface area contributed by atoms with Gasteiger partial charge in [-0.1, -0.05) is 19.1 Å². The third-order valence-electron chi connectivity index (χ3n) is 3.09. The van der Waals surface area contributed by atoms with Crippen molar-refractivity contribution in [2.75, 3.05) is 24.7 Å². The Bertz CT molecular complexity index is 367. The number of hydrogen-bond acceptors (Lipinski definition) is 3. The molecular formula is C14H21NOS. The lowest BCUT2D eigenvalue weighted by Crippen LogP contribution is -2.13. The SMILES string of the molecule is CC(CN)CSCCc1ccc2c(c1)CCO2. The predicted molar refractivity (Wildman–Crippen MR) is 74.9 cm³/mol. The Morgan fingerprint density at radius 3 is 3.18 bits per heavy atom. The minimum Gasteiger partial charge on any atom is -0.493 e. The average Bonchev–Trinajstić information content (AvgIpc) is 2.81. The van der Waals surface area contributed by atoms with E-state index in [0.29, 0.717) is 5.92 Å². The number of ether oxygens (including phenoxy) is 1. The molecule has 94 valence electrons. The molecule has 0 aromatic heterocycles. The summed E-state index contributed by atoms with van der Waals surface area (Å²) in [6.07, 6.45) is 2.22. The van der Waals surface area contributed by atoms with E-state index < -0.39 is 0 Å². The molecule has 1 aliphatic rings. The van der Waals surface area contributed by atoms with Gasteiger partial charge in [0.15, 0.2) is 0 Å². The molecule has 1 aromatic rings. The molecule has 17 heavy (non-hydrogen) atoms. The molecule has 2 N–H and O–H groups in total. The molecule has 2 rings (SSSR count). The predicted octanol–water partition coefficient (Wildman–Crippen LogP) is 2.49. The monoisotopic (exact) mass is 251 g/mol. The van der Waals surface area contributed by atoms with Gasteiger partial charge in [0.1, 0.15) is 5.75 Å². The maximum atomic E-state index is 5.60. The van der Waals surface area contributed by atoms with Crippen LogP contribution in [0.5, 0.6) is 5.75 Å². The number of thioether (sulfide) groups is 1. The number of nitrogens with two attached hydrogens (primary N) is 1. The molecule has 0 radical (unpaired) electrons. The van der Waals surface area contributed by atoms with Gasteiger partial charge in [0.25, 0.3) is 0 Å². The Morgan fingerprint density at radius 2 is 2.35 bits per heavy atom. The molecule has 0 amide bonds. The van der Waals surface area contributed by atoms with E-state index in [4.69, 9.17) is 10.5 Å². The van der Waals surface area contributed by atoms with E-state index in [-0.39, 0.29) is 0 Å². The van der Waals surface area contributed by atoms with Crippen molar-refractivity contribution in [3.8, 4) is 5.75 Å². The maximum absolute atomic E-state index is 5.60. The van der Waals surface area contributed by atoms with Crippen LogP contribution in [0.1, 0.15) is 18.1 Å². The fourth-order valence-electron chi connectivity index (χ4n) is 1.94. The summed E-state index contributed by atoms with van der Waals surface area (Å²) < 4.78 is 5.51. The van der Waals surface area contributed by atoms with Crippen molar-refractivity contribution in [3.63, 3.8) is 0 Å². The van der Waals surface area contributed by atoms with E-state index in [2.05, 4.69) is 25.1 Å². The number of fused-ring (bicyclic) bond motifs is 1. The molecule has 2 nitrogen and oxygen atoms in total. The number of hydrogen-bond donors (Lipinski definition) is 1. The quantitative estimate of drug-likeness (QED) is 0.789. The largest absolute Gasteiger partial charge is 0.493 e. The second-order valence-electron chi connectivity index (χ2n) is 4.71. The molecule has 0 bridgehead atoms. The molecule has 1 aliphatic heterocycles. The van der Waals surface area contributed by atoms with Gasteiger partial charge in [-0.15, -0.1) is 0 Å². The zero-order chi connectivity index (χ0) is 12.1. The summed E-state index contributed by atoms with van der Waals surface area (Å²) in [7, 11) is 0. The summed E-state index contributed by atoms with van der Waals surface area (Å²) in [6, 6.07) is 6.61. The first kappa shape index (κ1) is 12.8. The van der Waals surface area contributed by atoms with Gasteiger partial charge >= 0.3 is 0 Å². The normalized spacial score (nSPS) is 15.4. The smallest absolute Gasteiger partial charge is 0.122 e. The molecule has 0 spiro atoms. The third kappa shape index (κ3) is 3.65. The van der Waals surface area contributed by atoms with Crippen LogP contribution in [0.4, 0.5) is 0 Å². The lowest BCUT2D eigenvalue weighted by atomic mass is 10.1. The van der Waals surface area contributed by atoms with Crippen LogP contribution in [0.3, 0.4) is 0 Å². The molecule has 1 heterocycles. The van der Waals surface area contributed by atoms with Crippen molar-refractivity contribution in [3.05, 3.63) is 29.3 Å². The highest BCUT2D eigenvalue weighted by Gasteiger charge is 2.11. The van der Waals surface area contributed by atoms with Gasteiger partial charge < -0.3 is 10.5 Å². The fraction of sp³-hybridized carbons (Fsp3) is 0.571. The minimum atomic E-state index is 0.633. The molecule has 0 aliphatic carbocycles. The van der Waals surface area contributed by atoms with Gasteiger partial charge in [-0.25, -0.2) is 0 Å². The van der Waals surface area contributed by atoms with Crippen LogP contribution in [-0.2, 0) is 12.8 Å². The van der Waals surface area contributed by atoms with Gasteiger partial charge in [-0.2, -0.15) is 11.8 Å². The first-order valence-corrected chi connectivity index (χ1v) is 7.47. The highest BCUT2D eigenvalue weighted by atomic mass is 32.2. The van der Waals surface area contributed by atoms with Crippen molar-refractivity contribution in [1.82, 2.24) is 0 Å². The number of benzene rings is 1. The molecular weight excluding hydrogens is 230 g/mol. The van der Waals surface area contributed by atoms with E-state index in [0.717, 1.165) is 31.7 Å². The Hall–Kier alpha value is -0.670. The van der Waals surface area contributed by atoms with Gasteiger partial charge in [-0.05, 0) is 47.6 Å². The van der Waals surface area contributed by atoms with Crippen LogP contribution >= 0.6 is 11.8 Å². The summed E-state index contributed by atoms with van der Waals surface area (Å²) in [6.45, 7) is 3.85. The van der Waals surface area contributed by atoms with E-state index in [9.17, 15) is 0 Å². The van der Waals surface area contributed by atoms with Crippen LogP contribution in [0, 0.1) is 5.92 Å². The summed E-state index contributed by atoms with van der Waals surface area (Å²) in [5.41, 5.74) is 8.41. The van der Waals surface area contributed by atoms with Gasteiger partial charge in [0.2, 0.25) is 0 Å². The summed E-state index contributed by atoms with van der Waals surface area (Å²) in [5, 5.41) is 0. The third-order valence-corrected chi connectivity index (χ3v) is 4.39. The topological polar surface area (TPSA) is 35.2 Å². The Labute approximate surface area is 108 Å². The molecule has 0 saturated carbocycles. The van der Waals surface area contributed by atoms with Crippen molar-refractivity contribution < 1.29 is 4.74 Å². The summed E-state index contributed by atoms with van der Waals surface area (Å²) >= 11 is 2.00. The summed E-state index contributed by atoms with van der Waals surface area (Å²) in [4.78, 5) is 0. The average molecular weight is 251 g/mol. The Balaban J connectivity index is 1.76. The standard InChI is InChI=1S/C14H21NOS/c1-11(9-15)10-17-7-5-12-2-3-14-13(8-12)4-6-16-14/h2-3,8,11H,4-7,9-10,15H2,1H3. The molecule has 1 atom stereocenters. The molecule has 1 aromatic carbocycles. The van der Waals surface area contributed by atoms with Crippen molar-refractivity contribution in [2.24, 2.45) is 11.7 Å². The second kappa shape index (κ2) is 6.31. The maximum Gasteiger partial charge on any atom is 0.122 e.